The minimum Gasteiger partial charge on any atom is -0.310 e. The van der Waals surface area contributed by atoms with Gasteiger partial charge in [-0.2, -0.15) is 0 Å². The summed E-state index contributed by atoms with van der Waals surface area (Å²) >= 11 is 0. The molecule has 116 valence electrons. The number of hydrogen-bond acceptors (Lipinski definition) is 3. The first-order valence-electron chi connectivity index (χ1n) is 7.59. The lowest BCUT2D eigenvalue weighted by atomic mass is 9.86. The van der Waals surface area contributed by atoms with Gasteiger partial charge in [-0.15, -0.1) is 0 Å². The van der Waals surface area contributed by atoms with Crippen LogP contribution in [0.2, 0.25) is 0 Å². The summed E-state index contributed by atoms with van der Waals surface area (Å²) in [5, 5.41) is 2.82. The summed E-state index contributed by atoms with van der Waals surface area (Å²) in [7, 11) is 0. The number of rotatable bonds is 4. The Morgan fingerprint density at radius 1 is 1.14 bits per heavy atom. The number of aromatic nitrogens is 2. The maximum atomic E-state index is 12.1. The Morgan fingerprint density at radius 3 is 2.41 bits per heavy atom. The first kappa shape index (κ1) is 16.1. The van der Waals surface area contributed by atoms with Crippen LogP contribution in [0.5, 0.6) is 0 Å². The van der Waals surface area contributed by atoms with E-state index in [0.717, 1.165) is 17.8 Å². The van der Waals surface area contributed by atoms with Gasteiger partial charge in [0.1, 0.15) is 11.6 Å². The zero-order chi connectivity index (χ0) is 16.2. The van der Waals surface area contributed by atoms with E-state index in [-0.39, 0.29) is 11.3 Å². The van der Waals surface area contributed by atoms with Gasteiger partial charge in [-0.05, 0) is 22.6 Å². The third kappa shape index (κ3) is 4.38. The molecule has 0 spiro atoms. The first-order chi connectivity index (χ1) is 10.4. The molecule has 1 aromatic carbocycles. The molecule has 1 heterocycles. The Balaban J connectivity index is 1.99. The third-order valence-electron chi connectivity index (χ3n) is 3.47. The van der Waals surface area contributed by atoms with E-state index in [9.17, 15) is 4.79 Å². The van der Waals surface area contributed by atoms with Crippen molar-refractivity contribution in [3.8, 4) is 0 Å². The fraction of sp³-hybridized carbons (Fsp3) is 0.389. The van der Waals surface area contributed by atoms with Gasteiger partial charge in [-0.3, -0.25) is 4.79 Å². The summed E-state index contributed by atoms with van der Waals surface area (Å²) in [5.74, 6) is 1.22. The van der Waals surface area contributed by atoms with Crippen LogP contribution in [-0.4, -0.2) is 15.9 Å². The molecule has 0 aliphatic carbocycles. The zero-order valence-corrected chi connectivity index (χ0v) is 13.7. The number of anilines is 1. The first-order valence-corrected chi connectivity index (χ1v) is 7.59. The molecule has 0 atom stereocenters. The predicted molar refractivity (Wildman–Crippen MR) is 88.9 cm³/mol. The summed E-state index contributed by atoms with van der Waals surface area (Å²) in [4.78, 5) is 20.5. The monoisotopic (exact) mass is 297 g/mol. The van der Waals surface area contributed by atoms with Crippen LogP contribution in [-0.2, 0) is 23.1 Å². The molecule has 4 nitrogen and oxygen atoms in total. The number of aryl methyl sites for hydroxylation is 1. The number of benzene rings is 1. The minimum absolute atomic E-state index is 0.0655. The fourth-order valence-corrected chi connectivity index (χ4v) is 2.13. The number of nitrogens with zero attached hydrogens (tertiary/aromatic N) is 2. The Bertz CT molecular complexity index is 642. The van der Waals surface area contributed by atoms with Gasteiger partial charge in [-0.25, -0.2) is 9.97 Å². The molecule has 1 amide bonds. The number of amides is 1. The molecule has 0 bridgehead atoms. The van der Waals surface area contributed by atoms with Gasteiger partial charge in [0, 0.05) is 12.6 Å². The molecule has 0 aliphatic rings. The summed E-state index contributed by atoms with van der Waals surface area (Å²) in [6.45, 7) is 8.51. The van der Waals surface area contributed by atoms with Crippen LogP contribution in [0.1, 0.15) is 44.6 Å². The Labute approximate surface area is 132 Å². The highest BCUT2D eigenvalue weighted by atomic mass is 16.1. The van der Waals surface area contributed by atoms with E-state index in [0.29, 0.717) is 12.2 Å². The molecule has 1 N–H and O–H groups in total. The van der Waals surface area contributed by atoms with Crippen molar-refractivity contribution >= 4 is 11.7 Å². The van der Waals surface area contributed by atoms with E-state index >= 15 is 0 Å². The second-order valence-corrected chi connectivity index (χ2v) is 6.38. The highest BCUT2D eigenvalue weighted by molar-refractivity contribution is 5.91. The zero-order valence-electron chi connectivity index (χ0n) is 13.7. The Hall–Kier alpha value is -2.23. The lowest BCUT2D eigenvalue weighted by Crippen LogP contribution is -2.16. The molecule has 0 unspecified atom stereocenters. The predicted octanol–water partition coefficient (Wildman–Crippen LogP) is 3.52. The SMILES string of the molecule is CCc1nccc(NC(=O)Cc2ccc(C(C)(C)C)cc2)n1. The lowest BCUT2D eigenvalue weighted by molar-refractivity contribution is -0.115. The van der Waals surface area contributed by atoms with Gasteiger partial charge in [0.15, 0.2) is 0 Å². The van der Waals surface area contributed by atoms with Crippen molar-refractivity contribution < 1.29 is 4.79 Å². The van der Waals surface area contributed by atoms with Crippen molar-refractivity contribution in [2.45, 2.75) is 46.0 Å². The average Bonchev–Trinajstić information content (AvgIpc) is 2.47. The van der Waals surface area contributed by atoms with Crippen molar-refractivity contribution in [3.05, 3.63) is 53.5 Å². The molecule has 0 saturated heterocycles. The van der Waals surface area contributed by atoms with Gasteiger partial charge >= 0.3 is 0 Å². The van der Waals surface area contributed by atoms with E-state index in [4.69, 9.17) is 0 Å². The average molecular weight is 297 g/mol. The lowest BCUT2D eigenvalue weighted by Gasteiger charge is -2.19. The molecular formula is C18H23N3O. The maximum absolute atomic E-state index is 12.1. The van der Waals surface area contributed by atoms with Crippen LogP contribution >= 0.6 is 0 Å². The van der Waals surface area contributed by atoms with Crippen LogP contribution in [0, 0.1) is 0 Å². The molecule has 0 saturated carbocycles. The summed E-state index contributed by atoms with van der Waals surface area (Å²) in [6.07, 6.45) is 2.76. The molecule has 4 heteroatoms. The van der Waals surface area contributed by atoms with Crippen LogP contribution < -0.4 is 5.32 Å². The molecule has 2 aromatic rings. The van der Waals surface area contributed by atoms with Gasteiger partial charge in [0.05, 0.1) is 6.42 Å². The topological polar surface area (TPSA) is 54.9 Å². The molecule has 0 radical (unpaired) electrons. The molecule has 0 fully saturated rings. The smallest absolute Gasteiger partial charge is 0.229 e. The van der Waals surface area contributed by atoms with Gasteiger partial charge in [0.25, 0.3) is 0 Å². The van der Waals surface area contributed by atoms with Crippen LogP contribution in [0.25, 0.3) is 0 Å². The largest absolute Gasteiger partial charge is 0.310 e. The molecule has 22 heavy (non-hydrogen) atoms. The standard InChI is InChI=1S/C18H23N3O/c1-5-15-19-11-10-16(20-15)21-17(22)12-13-6-8-14(9-7-13)18(2,3)4/h6-11H,5,12H2,1-4H3,(H,19,20,21,22). The Morgan fingerprint density at radius 2 is 1.82 bits per heavy atom. The Kier molecular flexibility index (Phi) is 4.91. The number of carbonyl (C=O) groups excluding carboxylic acids is 1. The van der Waals surface area contributed by atoms with E-state index in [2.05, 4.69) is 48.2 Å². The normalized spacial score (nSPS) is 11.3. The van der Waals surface area contributed by atoms with E-state index in [1.807, 2.05) is 19.1 Å². The van der Waals surface area contributed by atoms with Gasteiger partial charge in [0.2, 0.25) is 5.91 Å². The number of nitrogens with one attached hydrogen (secondary N) is 1. The van der Waals surface area contributed by atoms with Crippen molar-refractivity contribution in [3.63, 3.8) is 0 Å². The fourth-order valence-electron chi connectivity index (χ4n) is 2.13. The third-order valence-corrected chi connectivity index (χ3v) is 3.47. The maximum Gasteiger partial charge on any atom is 0.229 e. The highest BCUT2D eigenvalue weighted by Crippen LogP contribution is 2.22. The summed E-state index contributed by atoms with van der Waals surface area (Å²) in [5.41, 5.74) is 2.38. The minimum atomic E-state index is -0.0655. The van der Waals surface area contributed by atoms with Crippen LogP contribution in [0.15, 0.2) is 36.5 Å². The van der Waals surface area contributed by atoms with Crippen molar-refractivity contribution in [1.82, 2.24) is 9.97 Å². The molecule has 1 aromatic heterocycles. The molecular weight excluding hydrogens is 274 g/mol. The van der Waals surface area contributed by atoms with Gasteiger partial charge < -0.3 is 5.32 Å². The van der Waals surface area contributed by atoms with Crippen molar-refractivity contribution in [2.24, 2.45) is 0 Å². The van der Waals surface area contributed by atoms with E-state index in [1.54, 1.807) is 12.3 Å². The van der Waals surface area contributed by atoms with Crippen LogP contribution in [0.4, 0.5) is 5.82 Å². The highest BCUT2D eigenvalue weighted by Gasteiger charge is 2.13. The van der Waals surface area contributed by atoms with Crippen molar-refractivity contribution in [2.75, 3.05) is 5.32 Å². The van der Waals surface area contributed by atoms with Crippen molar-refractivity contribution in [1.29, 1.82) is 0 Å². The van der Waals surface area contributed by atoms with Crippen LogP contribution in [0.3, 0.4) is 0 Å². The number of hydrogen-bond donors (Lipinski definition) is 1. The number of carbonyl (C=O) groups is 1. The quantitative estimate of drug-likeness (QED) is 0.939. The van der Waals surface area contributed by atoms with Gasteiger partial charge in [-0.1, -0.05) is 52.0 Å². The molecule has 2 rings (SSSR count). The summed E-state index contributed by atoms with van der Waals surface area (Å²) < 4.78 is 0. The van der Waals surface area contributed by atoms with E-state index in [1.165, 1.54) is 5.56 Å². The summed E-state index contributed by atoms with van der Waals surface area (Å²) in [6, 6.07) is 9.90. The molecule has 0 aliphatic heterocycles. The second kappa shape index (κ2) is 6.69. The van der Waals surface area contributed by atoms with E-state index < -0.39 is 0 Å². The second-order valence-electron chi connectivity index (χ2n) is 6.38.